The van der Waals surface area contributed by atoms with Gasteiger partial charge in [0, 0.05) is 12.1 Å². The number of tetrazole rings is 1. The van der Waals surface area contributed by atoms with Crippen LogP contribution in [0.3, 0.4) is 0 Å². The van der Waals surface area contributed by atoms with Gasteiger partial charge in [-0.05, 0) is 60.5 Å². The lowest BCUT2D eigenvalue weighted by Crippen LogP contribution is -2.32. The summed E-state index contributed by atoms with van der Waals surface area (Å²) in [7, 11) is 3.27. The number of thioether (sulfide) groups is 1. The molecule has 4 rings (SSSR count). The molecule has 1 fully saturated rings. The number of amides is 1. The lowest BCUT2D eigenvalue weighted by Gasteiger charge is -2.26. The first-order valence-corrected chi connectivity index (χ1v) is 11.8. The average Bonchev–Trinajstić information content (AvgIpc) is 3.52. The quantitative estimate of drug-likeness (QED) is 0.440. The fraction of sp³-hybridized carbons (Fsp3) is 0.391. The SMILES string of the molecule is CCOc1ccccc1-n1nnnc1SCC(=O)N1CCCC1c1cc(OC)ccc1OC. The van der Waals surface area contributed by atoms with Crippen molar-refractivity contribution in [2.45, 2.75) is 31.0 Å². The van der Waals surface area contributed by atoms with Crippen molar-refractivity contribution < 1.29 is 19.0 Å². The van der Waals surface area contributed by atoms with Crippen LogP contribution in [0.1, 0.15) is 31.4 Å². The Labute approximate surface area is 197 Å². The highest BCUT2D eigenvalue weighted by atomic mass is 32.2. The van der Waals surface area contributed by atoms with E-state index in [9.17, 15) is 4.79 Å². The number of ether oxygens (including phenoxy) is 3. The molecule has 9 nitrogen and oxygen atoms in total. The Bertz CT molecular complexity index is 1110. The fourth-order valence-corrected chi connectivity index (χ4v) is 4.80. The predicted octanol–water partition coefficient (Wildman–Crippen LogP) is 3.53. The molecule has 10 heteroatoms. The summed E-state index contributed by atoms with van der Waals surface area (Å²) in [6.07, 6.45) is 1.81. The molecule has 0 aliphatic carbocycles. The number of nitrogens with zero attached hydrogens (tertiary/aromatic N) is 5. The Morgan fingerprint density at radius 2 is 2.00 bits per heavy atom. The van der Waals surface area contributed by atoms with Crippen molar-refractivity contribution in [2.75, 3.05) is 33.1 Å². The molecule has 33 heavy (non-hydrogen) atoms. The van der Waals surface area contributed by atoms with E-state index in [1.165, 1.54) is 11.8 Å². The standard InChI is InChI=1S/C23H27N5O4S/c1-4-32-21-10-6-5-8-19(21)28-23(24-25-26-28)33-15-22(29)27-13-7-9-18(27)17-14-16(30-2)11-12-20(17)31-3/h5-6,8,10-12,14,18H,4,7,9,13,15H2,1-3H3. The zero-order valence-corrected chi connectivity index (χ0v) is 19.7. The van der Waals surface area contributed by atoms with Crippen LogP contribution in [0.15, 0.2) is 47.6 Å². The first-order chi connectivity index (χ1) is 16.2. The lowest BCUT2D eigenvalue weighted by atomic mass is 10.0. The molecule has 1 aromatic heterocycles. The minimum atomic E-state index is -0.0576. The third-order valence-electron chi connectivity index (χ3n) is 5.53. The molecule has 0 bridgehead atoms. The lowest BCUT2D eigenvalue weighted by molar-refractivity contribution is -0.129. The van der Waals surface area contributed by atoms with Gasteiger partial charge in [-0.15, -0.1) is 5.10 Å². The molecular formula is C23H27N5O4S. The van der Waals surface area contributed by atoms with Gasteiger partial charge in [-0.25, -0.2) is 0 Å². The van der Waals surface area contributed by atoms with Crippen LogP contribution in [0.4, 0.5) is 0 Å². The van der Waals surface area contributed by atoms with Crippen molar-refractivity contribution in [1.82, 2.24) is 25.1 Å². The van der Waals surface area contributed by atoms with Gasteiger partial charge in [-0.1, -0.05) is 23.9 Å². The third kappa shape index (κ3) is 4.90. The number of para-hydroxylation sites is 2. The highest BCUT2D eigenvalue weighted by Crippen LogP contribution is 2.39. The van der Waals surface area contributed by atoms with Crippen LogP contribution in [-0.4, -0.2) is 64.1 Å². The van der Waals surface area contributed by atoms with Gasteiger partial charge in [0.2, 0.25) is 11.1 Å². The van der Waals surface area contributed by atoms with Crippen LogP contribution >= 0.6 is 11.8 Å². The summed E-state index contributed by atoms with van der Waals surface area (Å²) in [4.78, 5) is 15.1. The predicted molar refractivity (Wildman–Crippen MR) is 124 cm³/mol. The maximum Gasteiger partial charge on any atom is 0.233 e. The van der Waals surface area contributed by atoms with Crippen molar-refractivity contribution in [1.29, 1.82) is 0 Å². The molecule has 1 atom stereocenters. The second-order valence-electron chi connectivity index (χ2n) is 7.42. The first kappa shape index (κ1) is 22.9. The van der Waals surface area contributed by atoms with Gasteiger partial charge in [0.05, 0.1) is 32.6 Å². The van der Waals surface area contributed by atoms with Crippen molar-refractivity contribution in [2.24, 2.45) is 0 Å². The van der Waals surface area contributed by atoms with Gasteiger partial charge in [-0.3, -0.25) is 4.79 Å². The molecular weight excluding hydrogens is 442 g/mol. The number of hydrogen-bond donors (Lipinski definition) is 0. The van der Waals surface area contributed by atoms with Gasteiger partial charge in [0.1, 0.15) is 22.9 Å². The van der Waals surface area contributed by atoms with E-state index in [0.717, 1.165) is 35.6 Å². The van der Waals surface area contributed by atoms with Crippen LogP contribution in [0, 0.1) is 0 Å². The Hall–Kier alpha value is -3.27. The molecule has 1 aliphatic heterocycles. The molecule has 2 heterocycles. The second kappa shape index (κ2) is 10.6. The van der Waals surface area contributed by atoms with Gasteiger partial charge in [0.25, 0.3) is 0 Å². The van der Waals surface area contributed by atoms with Crippen LogP contribution in [-0.2, 0) is 4.79 Å². The molecule has 1 unspecified atom stereocenters. The van der Waals surface area contributed by atoms with E-state index in [2.05, 4.69) is 15.5 Å². The first-order valence-electron chi connectivity index (χ1n) is 10.8. The number of methoxy groups -OCH3 is 2. The van der Waals surface area contributed by atoms with Gasteiger partial charge < -0.3 is 19.1 Å². The molecule has 0 spiro atoms. The largest absolute Gasteiger partial charge is 0.497 e. The van der Waals surface area contributed by atoms with E-state index >= 15 is 0 Å². The van der Waals surface area contributed by atoms with Crippen LogP contribution in [0.2, 0.25) is 0 Å². The topological polar surface area (TPSA) is 91.6 Å². The normalized spacial score (nSPS) is 15.5. The van der Waals surface area contributed by atoms with E-state index < -0.39 is 0 Å². The van der Waals surface area contributed by atoms with E-state index in [-0.39, 0.29) is 17.7 Å². The Kier molecular flexibility index (Phi) is 7.33. The molecule has 3 aromatic rings. The van der Waals surface area contributed by atoms with Gasteiger partial charge >= 0.3 is 0 Å². The zero-order chi connectivity index (χ0) is 23.2. The summed E-state index contributed by atoms with van der Waals surface area (Å²) in [5.41, 5.74) is 1.70. The maximum absolute atomic E-state index is 13.2. The van der Waals surface area contributed by atoms with Crippen LogP contribution in [0.5, 0.6) is 17.2 Å². The number of carbonyl (C=O) groups is 1. The molecule has 1 saturated heterocycles. The van der Waals surface area contributed by atoms with Crippen LogP contribution < -0.4 is 14.2 Å². The number of rotatable bonds is 9. The Morgan fingerprint density at radius 1 is 1.15 bits per heavy atom. The third-order valence-corrected chi connectivity index (χ3v) is 6.43. The van der Waals surface area contributed by atoms with E-state index in [0.29, 0.717) is 24.1 Å². The monoisotopic (exact) mass is 469 g/mol. The Morgan fingerprint density at radius 3 is 2.79 bits per heavy atom. The zero-order valence-electron chi connectivity index (χ0n) is 18.9. The van der Waals surface area contributed by atoms with Crippen molar-refractivity contribution in [3.8, 4) is 22.9 Å². The smallest absolute Gasteiger partial charge is 0.233 e. The number of hydrogen-bond acceptors (Lipinski definition) is 8. The summed E-state index contributed by atoms with van der Waals surface area (Å²) in [5.74, 6) is 2.43. The summed E-state index contributed by atoms with van der Waals surface area (Å²) in [6, 6.07) is 13.2. The number of likely N-dealkylation sites (tertiary alicyclic amines) is 1. The average molecular weight is 470 g/mol. The van der Waals surface area contributed by atoms with Crippen molar-refractivity contribution in [3.63, 3.8) is 0 Å². The molecule has 174 valence electrons. The van der Waals surface area contributed by atoms with E-state index in [1.54, 1.807) is 18.9 Å². The summed E-state index contributed by atoms with van der Waals surface area (Å²) in [5, 5.41) is 12.6. The minimum Gasteiger partial charge on any atom is -0.497 e. The van der Waals surface area contributed by atoms with Crippen molar-refractivity contribution in [3.05, 3.63) is 48.0 Å². The Balaban J connectivity index is 1.50. The van der Waals surface area contributed by atoms with E-state index in [4.69, 9.17) is 14.2 Å². The maximum atomic E-state index is 13.2. The molecule has 2 aromatic carbocycles. The summed E-state index contributed by atoms with van der Waals surface area (Å²) < 4.78 is 18.3. The van der Waals surface area contributed by atoms with Gasteiger partial charge in [0.15, 0.2) is 0 Å². The second-order valence-corrected chi connectivity index (χ2v) is 8.36. The number of carbonyl (C=O) groups excluding carboxylic acids is 1. The molecule has 0 radical (unpaired) electrons. The van der Waals surface area contributed by atoms with Crippen molar-refractivity contribution >= 4 is 17.7 Å². The molecule has 1 aliphatic rings. The highest BCUT2D eigenvalue weighted by molar-refractivity contribution is 7.99. The number of benzene rings is 2. The molecule has 1 amide bonds. The fourth-order valence-electron chi connectivity index (χ4n) is 4.03. The summed E-state index contributed by atoms with van der Waals surface area (Å²) in [6.45, 7) is 3.15. The van der Waals surface area contributed by atoms with Crippen LogP contribution in [0.25, 0.3) is 5.69 Å². The summed E-state index contributed by atoms with van der Waals surface area (Å²) >= 11 is 1.31. The number of aromatic nitrogens is 4. The molecule has 0 saturated carbocycles. The highest BCUT2D eigenvalue weighted by Gasteiger charge is 2.32. The van der Waals surface area contributed by atoms with Gasteiger partial charge in [-0.2, -0.15) is 4.68 Å². The van der Waals surface area contributed by atoms with E-state index in [1.807, 2.05) is 54.3 Å². The molecule has 0 N–H and O–H groups in total. The minimum absolute atomic E-state index is 0.0278.